The fraction of sp³-hybridized carbons (Fsp3) is 0.550. The smallest absolute Gasteiger partial charge is 0.224 e. The minimum Gasteiger partial charge on any atom is -0.352 e. The van der Waals surface area contributed by atoms with Crippen LogP contribution in [0.3, 0.4) is 0 Å². The van der Waals surface area contributed by atoms with Gasteiger partial charge in [-0.2, -0.15) is 0 Å². The first-order valence-corrected chi connectivity index (χ1v) is 12.1. The van der Waals surface area contributed by atoms with E-state index in [4.69, 9.17) is 23.2 Å². The van der Waals surface area contributed by atoms with E-state index in [0.717, 1.165) is 12.8 Å². The van der Waals surface area contributed by atoms with Gasteiger partial charge >= 0.3 is 0 Å². The van der Waals surface area contributed by atoms with Gasteiger partial charge in [0.15, 0.2) is 0 Å². The Bertz CT molecular complexity index is 855. The molecule has 0 bridgehead atoms. The molecule has 1 aromatic carbocycles. The third kappa shape index (κ3) is 5.72. The summed E-state index contributed by atoms with van der Waals surface area (Å²) in [7, 11) is -3.53. The van der Waals surface area contributed by atoms with Crippen molar-refractivity contribution in [1.29, 1.82) is 0 Å². The van der Waals surface area contributed by atoms with E-state index in [1.807, 2.05) is 0 Å². The highest BCUT2D eigenvalue weighted by Crippen LogP contribution is 2.26. The molecule has 154 valence electrons. The number of piperidine rings is 1. The lowest BCUT2D eigenvalue weighted by molar-refractivity contribution is -0.125. The Labute approximate surface area is 177 Å². The first kappa shape index (κ1) is 21.6. The van der Waals surface area contributed by atoms with E-state index in [1.165, 1.54) is 22.7 Å². The van der Waals surface area contributed by atoms with Gasteiger partial charge in [0, 0.05) is 19.6 Å². The van der Waals surface area contributed by atoms with Gasteiger partial charge in [-0.05, 0) is 56.2 Å². The lowest BCUT2D eigenvalue weighted by Gasteiger charge is -2.31. The third-order valence-corrected chi connectivity index (χ3v) is 7.91. The topological polar surface area (TPSA) is 66.5 Å². The van der Waals surface area contributed by atoms with E-state index in [-0.39, 0.29) is 24.1 Å². The van der Waals surface area contributed by atoms with Crippen LogP contribution in [0.5, 0.6) is 0 Å². The first-order valence-electron chi connectivity index (χ1n) is 9.72. The maximum atomic E-state index is 12.8. The molecule has 1 saturated heterocycles. The summed E-state index contributed by atoms with van der Waals surface area (Å²) in [6.45, 7) is 1.25. The molecule has 1 atom stereocenters. The molecular formula is C20H26Cl2N2O3S. The third-order valence-electron chi connectivity index (χ3n) is 5.36. The molecule has 1 amide bonds. The molecule has 3 rings (SSSR count). The van der Waals surface area contributed by atoms with Crippen LogP contribution in [0.2, 0.25) is 10.0 Å². The van der Waals surface area contributed by atoms with Crippen molar-refractivity contribution in [2.24, 2.45) is 5.92 Å². The predicted octanol–water partition coefficient (Wildman–Crippen LogP) is 4.15. The van der Waals surface area contributed by atoms with E-state index in [2.05, 4.69) is 11.4 Å². The van der Waals surface area contributed by atoms with Gasteiger partial charge in [-0.25, -0.2) is 12.7 Å². The second-order valence-corrected chi connectivity index (χ2v) is 10.3. The van der Waals surface area contributed by atoms with Gasteiger partial charge in [0.05, 0.1) is 21.7 Å². The summed E-state index contributed by atoms with van der Waals surface area (Å²) in [4.78, 5) is 12.6. The maximum absolute atomic E-state index is 12.8. The van der Waals surface area contributed by atoms with Gasteiger partial charge in [0.2, 0.25) is 15.9 Å². The zero-order valence-corrected chi connectivity index (χ0v) is 18.1. The van der Waals surface area contributed by atoms with Crippen LogP contribution >= 0.6 is 23.2 Å². The number of amides is 1. The largest absolute Gasteiger partial charge is 0.352 e. The van der Waals surface area contributed by atoms with E-state index >= 15 is 0 Å². The molecule has 1 aliphatic heterocycles. The number of nitrogens with one attached hydrogen (secondary N) is 1. The van der Waals surface area contributed by atoms with Crippen molar-refractivity contribution in [1.82, 2.24) is 9.62 Å². The van der Waals surface area contributed by atoms with Crippen LogP contribution < -0.4 is 5.32 Å². The van der Waals surface area contributed by atoms with Crippen LogP contribution in [-0.2, 0) is 20.6 Å². The Morgan fingerprint density at radius 3 is 2.71 bits per heavy atom. The van der Waals surface area contributed by atoms with Crippen LogP contribution in [0.15, 0.2) is 29.8 Å². The van der Waals surface area contributed by atoms with Gasteiger partial charge < -0.3 is 5.32 Å². The van der Waals surface area contributed by atoms with Crippen molar-refractivity contribution in [3.63, 3.8) is 0 Å². The fourth-order valence-electron chi connectivity index (χ4n) is 3.75. The molecule has 1 N–H and O–H groups in total. The zero-order valence-electron chi connectivity index (χ0n) is 15.8. The second kappa shape index (κ2) is 9.61. The first-order chi connectivity index (χ1) is 13.3. The number of halogens is 2. The van der Waals surface area contributed by atoms with E-state index < -0.39 is 10.0 Å². The van der Waals surface area contributed by atoms with E-state index in [9.17, 15) is 13.2 Å². The van der Waals surface area contributed by atoms with Gasteiger partial charge in [-0.3, -0.25) is 4.79 Å². The molecule has 1 unspecified atom stereocenters. The minimum atomic E-state index is -3.53. The van der Waals surface area contributed by atoms with Crippen molar-refractivity contribution >= 4 is 39.1 Å². The summed E-state index contributed by atoms with van der Waals surface area (Å²) < 4.78 is 27.1. The van der Waals surface area contributed by atoms with Crippen LogP contribution in [-0.4, -0.2) is 38.3 Å². The molecule has 8 heteroatoms. The average molecular weight is 445 g/mol. The Morgan fingerprint density at radius 1 is 1.18 bits per heavy atom. The van der Waals surface area contributed by atoms with E-state index in [1.54, 1.807) is 18.2 Å². The number of hydrogen-bond donors (Lipinski definition) is 1. The number of sulfonamides is 1. The standard InChI is InChI=1S/C20H26Cl2N2O3S/c21-18-9-8-16(11-19(18)22)14-28(26,27)24-10-4-7-17(13-24)20(25)23-12-15-5-2-1-3-6-15/h5,8-9,11,17H,1-4,6-7,10,12-14H2,(H,23,25). The molecular weight excluding hydrogens is 419 g/mol. The van der Waals surface area contributed by atoms with Crippen LogP contribution in [0.4, 0.5) is 0 Å². The number of carbonyl (C=O) groups excluding carboxylic acids is 1. The van der Waals surface area contributed by atoms with Crippen molar-refractivity contribution < 1.29 is 13.2 Å². The lowest BCUT2D eigenvalue weighted by atomic mass is 9.97. The molecule has 0 spiro atoms. The van der Waals surface area contributed by atoms with Crippen molar-refractivity contribution in [2.75, 3.05) is 19.6 Å². The minimum absolute atomic E-state index is 0.0547. The highest BCUT2D eigenvalue weighted by Gasteiger charge is 2.32. The molecule has 1 aliphatic carbocycles. The van der Waals surface area contributed by atoms with Gasteiger partial charge in [-0.15, -0.1) is 0 Å². The highest BCUT2D eigenvalue weighted by atomic mass is 35.5. The molecule has 0 saturated carbocycles. The Balaban J connectivity index is 1.58. The Morgan fingerprint density at radius 2 is 2.00 bits per heavy atom. The molecule has 0 radical (unpaired) electrons. The van der Waals surface area contributed by atoms with Crippen LogP contribution in [0, 0.1) is 5.92 Å². The lowest BCUT2D eigenvalue weighted by Crippen LogP contribution is -2.46. The zero-order chi connectivity index (χ0) is 20.1. The molecule has 1 fully saturated rings. The molecule has 0 aromatic heterocycles. The number of allylic oxidation sites excluding steroid dienone is 1. The van der Waals surface area contributed by atoms with E-state index in [0.29, 0.717) is 41.5 Å². The summed E-state index contributed by atoms with van der Waals surface area (Å²) in [5, 5.41) is 3.73. The molecule has 2 aliphatic rings. The predicted molar refractivity (Wildman–Crippen MR) is 113 cm³/mol. The number of hydrogen-bond acceptors (Lipinski definition) is 3. The molecule has 1 heterocycles. The van der Waals surface area contributed by atoms with Gasteiger partial charge in [0.25, 0.3) is 0 Å². The monoisotopic (exact) mass is 444 g/mol. The van der Waals surface area contributed by atoms with Crippen molar-refractivity contribution in [3.05, 3.63) is 45.5 Å². The normalized spacial score (nSPS) is 21.2. The highest BCUT2D eigenvalue weighted by molar-refractivity contribution is 7.88. The molecule has 1 aromatic rings. The summed E-state index contributed by atoms with van der Waals surface area (Å²) >= 11 is 11.9. The summed E-state index contributed by atoms with van der Waals surface area (Å²) in [5.74, 6) is -0.507. The SMILES string of the molecule is O=C(NCC1=CCCCC1)C1CCCN(S(=O)(=O)Cc2ccc(Cl)c(Cl)c2)C1. The van der Waals surface area contributed by atoms with Crippen molar-refractivity contribution in [2.45, 2.75) is 44.3 Å². The average Bonchev–Trinajstić information content (AvgIpc) is 2.69. The van der Waals surface area contributed by atoms with Crippen LogP contribution in [0.25, 0.3) is 0 Å². The Kier molecular flexibility index (Phi) is 7.42. The van der Waals surface area contributed by atoms with Gasteiger partial charge in [0.1, 0.15) is 0 Å². The number of benzene rings is 1. The molecule has 28 heavy (non-hydrogen) atoms. The summed E-state index contributed by atoms with van der Waals surface area (Å²) in [6.07, 6.45) is 8.10. The number of nitrogens with zero attached hydrogens (tertiary/aromatic N) is 1. The fourth-order valence-corrected chi connectivity index (χ4v) is 5.67. The maximum Gasteiger partial charge on any atom is 0.224 e. The summed E-state index contributed by atoms with van der Waals surface area (Å²) in [5.41, 5.74) is 1.87. The second-order valence-electron chi connectivity index (χ2n) is 7.53. The summed E-state index contributed by atoms with van der Waals surface area (Å²) in [6, 6.07) is 4.84. The van der Waals surface area contributed by atoms with Crippen molar-refractivity contribution in [3.8, 4) is 0 Å². The number of carbonyl (C=O) groups is 1. The van der Waals surface area contributed by atoms with Crippen LogP contribution in [0.1, 0.15) is 44.1 Å². The Hall–Kier alpha value is -1.08. The van der Waals surface area contributed by atoms with Gasteiger partial charge in [-0.1, -0.05) is 40.9 Å². The number of rotatable bonds is 6. The molecule has 5 nitrogen and oxygen atoms in total. The quantitative estimate of drug-likeness (QED) is 0.669.